The predicted molar refractivity (Wildman–Crippen MR) is 56.5 cm³/mol. The molecule has 1 unspecified atom stereocenters. The van der Waals surface area contributed by atoms with Crippen molar-refractivity contribution in [3.63, 3.8) is 0 Å². The van der Waals surface area contributed by atoms with Crippen LogP contribution in [0.4, 0.5) is 4.39 Å². The fraction of sp³-hybridized carbons (Fsp3) is 0.455. The van der Waals surface area contributed by atoms with Gasteiger partial charge in [-0.1, -0.05) is 12.1 Å². The van der Waals surface area contributed by atoms with Crippen molar-refractivity contribution >= 4 is 0 Å². The molecule has 14 heavy (non-hydrogen) atoms. The summed E-state index contributed by atoms with van der Waals surface area (Å²) < 4.78 is 12.6. The zero-order valence-corrected chi connectivity index (χ0v) is 8.70. The number of nitrogens with two attached hydrogens (primary N) is 1. The molecule has 0 aliphatic heterocycles. The Balaban J connectivity index is 2.52. The molecule has 0 heterocycles. The SMILES string of the molecule is CN(C)CCC(N)c1ccc(F)cc1. The average molecular weight is 196 g/mol. The van der Waals surface area contributed by atoms with Crippen molar-refractivity contribution < 1.29 is 4.39 Å². The van der Waals surface area contributed by atoms with Gasteiger partial charge in [-0.2, -0.15) is 0 Å². The van der Waals surface area contributed by atoms with Crippen molar-refractivity contribution in [3.8, 4) is 0 Å². The lowest BCUT2D eigenvalue weighted by Gasteiger charge is -2.15. The minimum absolute atomic E-state index is 0.00185. The molecule has 1 rings (SSSR count). The predicted octanol–water partition coefficient (Wildman–Crippen LogP) is 1.78. The molecule has 78 valence electrons. The standard InChI is InChI=1S/C11H17FN2/c1-14(2)8-7-11(13)9-3-5-10(12)6-4-9/h3-6,11H,7-8,13H2,1-2H3. The lowest BCUT2D eigenvalue weighted by molar-refractivity contribution is 0.382. The van der Waals surface area contributed by atoms with E-state index in [9.17, 15) is 4.39 Å². The normalized spacial score (nSPS) is 13.2. The van der Waals surface area contributed by atoms with E-state index in [1.807, 2.05) is 14.1 Å². The minimum Gasteiger partial charge on any atom is -0.324 e. The third-order valence-corrected chi connectivity index (χ3v) is 2.19. The van der Waals surface area contributed by atoms with Crippen LogP contribution in [-0.4, -0.2) is 25.5 Å². The minimum atomic E-state index is -0.214. The van der Waals surface area contributed by atoms with Crippen molar-refractivity contribution in [3.05, 3.63) is 35.6 Å². The summed E-state index contributed by atoms with van der Waals surface area (Å²) in [6.45, 7) is 0.943. The van der Waals surface area contributed by atoms with Gasteiger partial charge in [0.25, 0.3) is 0 Å². The zero-order valence-electron chi connectivity index (χ0n) is 8.70. The molecule has 1 aromatic carbocycles. The van der Waals surface area contributed by atoms with E-state index < -0.39 is 0 Å². The summed E-state index contributed by atoms with van der Waals surface area (Å²) in [5.41, 5.74) is 6.94. The third-order valence-electron chi connectivity index (χ3n) is 2.19. The topological polar surface area (TPSA) is 29.3 Å². The number of hydrogen-bond acceptors (Lipinski definition) is 2. The molecular formula is C11H17FN2. The van der Waals surface area contributed by atoms with Crippen LogP contribution in [0.2, 0.25) is 0 Å². The molecule has 0 saturated carbocycles. The van der Waals surface area contributed by atoms with E-state index in [0.717, 1.165) is 18.5 Å². The Morgan fingerprint density at radius 1 is 1.29 bits per heavy atom. The summed E-state index contributed by atoms with van der Waals surface area (Å²) in [6, 6.07) is 6.39. The lowest BCUT2D eigenvalue weighted by Crippen LogP contribution is -2.20. The molecule has 0 saturated heterocycles. The van der Waals surface area contributed by atoms with Crippen LogP contribution in [0.3, 0.4) is 0 Å². The number of benzene rings is 1. The zero-order chi connectivity index (χ0) is 10.6. The van der Waals surface area contributed by atoms with Gasteiger partial charge in [0.1, 0.15) is 5.82 Å². The van der Waals surface area contributed by atoms with E-state index in [1.54, 1.807) is 12.1 Å². The maximum Gasteiger partial charge on any atom is 0.123 e. The molecule has 0 aromatic heterocycles. The molecule has 0 aliphatic rings. The van der Waals surface area contributed by atoms with E-state index >= 15 is 0 Å². The molecule has 0 spiro atoms. The van der Waals surface area contributed by atoms with Crippen molar-refractivity contribution in [2.45, 2.75) is 12.5 Å². The van der Waals surface area contributed by atoms with Crippen molar-refractivity contribution in [1.82, 2.24) is 4.90 Å². The van der Waals surface area contributed by atoms with Gasteiger partial charge in [0.2, 0.25) is 0 Å². The number of rotatable bonds is 4. The first kappa shape index (κ1) is 11.1. The van der Waals surface area contributed by atoms with Crippen LogP contribution in [0, 0.1) is 5.82 Å². The lowest BCUT2D eigenvalue weighted by atomic mass is 10.0. The van der Waals surface area contributed by atoms with Crippen LogP contribution >= 0.6 is 0 Å². The molecule has 1 aromatic rings. The van der Waals surface area contributed by atoms with Gasteiger partial charge >= 0.3 is 0 Å². The maximum atomic E-state index is 12.6. The molecular weight excluding hydrogens is 179 g/mol. The average Bonchev–Trinajstić information content (AvgIpc) is 2.15. The smallest absolute Gasteiger partial charge is 0.123 e. The van der Waals surface area contributed by atoms with Gasteiger partial charge in [-0.3, -0.25) is 0 Å². The Kier molecular flexibility index (Phi) is 4.04. The van der Waals surface area contributed by atoms with Crippen LogP contribution in [-0.2, 0) is 0 Å². The van der Waals surface area contributed by atoms with E-state index in [1.165, 1.54) is 12.1 Å². The van der Waals surface area contributed by atoms with Gasteiger partial charge < -0.3 is 10.6 Å². The number of hydrogen-bond donors (Lipinski definition) is 1. The Bertz CT molecular complexity index is 269. The summed E-state index contributed by atoms with van der Waals surface area (Å²) in [4.78, 5) is 2.09. The van der Waals surface area contributed by atoms with Gasteiger partial charge in [-0.05, 0) is 44.8 Å². The second-order valence-electron chi connectivity index (χ2n) is 3.75. The van der Waals surface area contributed by atoms with Crippen LogP contribution < -0.4 is 5.73 Å². The number of nitrogens with zero attached hydrogens (tertiary/aromatic N) is 1. The summed E-state index contributed by atoms with van der Waals surface area (Å²) in [7, 11) is 4.02. The molecule has 0 radical (unpaired) electrons. The third kappa shape index (κ3) is 3.44. The monoisotopic (exact) mass is 196 g/mol. The van der Waals surface area contributed by atoms with E-state index in [0.29, 0.717) is 0 Å². The van der Waals surface area contributed by atoms with Gasteiger partial charge in [-0.15, -0.1) is 0 Å². The highest BCUT2D eigenvalue weighted by atomic mass is 19.1. The summed E-state index contributed by atoms with van der Waals surface area (Å²) in [5, 5.41) is 0. The van der Waals surface area contributed by atoms with E-state index in [4.69, 9.17) is 5.73 Å². The van der Waals surface area contributed by atoms with Gasteiger partial charge in [0, 0.05) is 6.04 Å². The van der Waals surface area contributed by atoms with Crippen LogP contribution in [0.25, 0.3) is 0 Å². The molecule has 2 nitrogen and oxygen atoms in total. The molecule has 0 amide bonds. The van der Waals surface area contributed by atoms with Crippen LogP contribution in [0.5, 0.6) is 0 Å². The van der Waals surface area contributed by atoms with Crippen LogP contribution in [0.1, 0.15) is 18.0 Å². The molecule has 2 N–H and O–H groups in total. The summed E-state index contributed by atoms with van der Waals surface area (Å²) in [5.74, 6) is -0.214. The Morgan fingerprint density at radius 2 is 1.86 bits per heavy atom. The second-order valence-corrected chi connectivity index (χ2v) is 3.75. The summed E-state index contributed by atoms with van der Waals surface area (Å²) >= 11 is 0. The van der Waals surface area contributed by atoms with E-state index in [-0.39, 0.29) is 11.9 Å². The second kappa shape index (κ2) is 5.08. The molecule has 0 bridgehead atoms. The Morgan fingerprint density at radius 3 is 2.36 bits per heavy atom. The first-order valence-corrected chi connectivity index (χ1v) is 4.75. The highest BCUT2D eigenvalue weighted by Crippen LogP contribution is 2.14. The highest BCUT2D eigenvalue weighted by molar-refractivity contribution is 5.19. The highest BCUT2D eigenvalue weighted by Gasteiger charge is 2.05. The van der Waals surface area contributed by atoms with Crippen molar-refractivity contribution in [1.29, 1.82) is 0 Å². The first-order valence-electron chi connectivity index (χ1n) is 4.75. The molecule has 1 atom stereocenters. The molecule has 0 aliphatic carbocycles. The van der Waals surface area contributed by atoms with Crippen LogP contribution in [0.15, 0.2) is 24.3 Å². The Labute approximate surface area is 84.5 Å². The van der Waals surface area contributed by atoms with Crippen molar-refractivity contribution in [2.75, 3.05) is 20.6 Å². The molecule has 0 fully saturated rings. The largest absolute Gasteiger partial charge is 0.324 e. The first-order chi connectivity index (χ1) is 6.59. The van der Waals surface area contributed by atoms with Gasteiger partial charge in [0.15, 0.2) is 0 Å². The van der Waals surface area contributed by atoms with Gasteiger partial charge in [0.05, 0.1) is 0 Å². The van der Waals surface area contributed by atoms with E-state index in [2.05, 4.69) is 4.90 Å². The quantitative estimate of drug-likeness (QED) is 0.795. The summed E-state index contributed by atoms with van der Waals surface area (Å²) in [6.07, 6.45) is 0.888. The van der Waals surface area contributed by atoms with Gasteiger partial charge in [-0.25, -0.2) is 4.39 Å². The maximum absolute atomic E-state index is 12.6. The molecule has 3 heteroatoms. The fourth-order valence-electron chi connectivity index (χ4n) is 1.27. The Hall–Kier alpha value is -0.930. The van der Waals surface area contributed by atoms with Crippen molar-refractivity contribution in [2.24, 2.45) is 5.73 Å². The number of halogens is 1. The fourth-order valence-corrected chi connectivity index (χ4v) is 1.27.